The summed E-state index contributed by atoms with van der Waals surface area (Å²) in [5.41, 5.74) is 3.65. The van der Waals surface area contributed by atoms with Crippen molar-refractivity contribution in [2.24, 2.45) is 0 Å². The second-order valence-corrected chi connectivity index (χ2v) is 5.31. The average molecular weight is 264 g/mol. The Labute approximate surface area is 117 Å². The van der Waals surface area contributed by atoms with Gasteiger partial charge in [0.15, 0.2) is 0 Å². The van der Waals surface area contributed by atoms with Crippen LogP contribution in [0.25, 0.3) is 0 Å². The summed E-state index contributed by atoms with van der Waals surface area (Å²) in [5.74, 6) is 0. The minimum atomic E-state index is 0.886. The Hall–Kier alpha value is -1.13. The first-order valence-electron chi connectivity index (χ1n) is 7.06. The molecule has 0 atom stereocenters. The summed E-state index contributed by atoms with van der Waals surface area (Å²) in [4.78, 5) is 8.97. The Morgan fingerprint density at radius 2 is 1.95 bits per heavy atom. The molecule has 1 N–H and O–H groups in total. The fraction of sp³-hybridized carbons (Fsp3) is 0.667. The largest absolute Gasteiger partial charge is 0.374 e. The van der Waals surface area contributed by atoms with Gasteiger partial charge in [-0.25, -0.2) is 0 Å². The van der Waals surface area contributed by atoms with Crippen LogP contribution in [0.1, 0.15) is 24.6 Å². The molecule has 0 aliphatic heterocycles. The lowest BCUT2D eigenvalue weighted by Gasteiger charge is -2.23. The van der Waals surface area contributed by atoms with Gasteiger partial charge in [0, 0.05) is 43.3 Å². The maximum atomic E-state index is 4.41. The molecule has 4 nitrogen and oxygen atoms in total. The van der Waals surface area contributed by atoms with E-state index in [4.69, 9.17) is 0 Å². The van der Waals surface area contributed by atoms with E-state index in [1.165, 1.54) is 17.7 Å². The molecule has 0 aliphatic rings. The van der Waals surface area contributed by atoms with E-state index in [-0.39, 0.29) is 0 Å². The Kier molecular flexibility index (Phi) is 6.81. The van der Waals surface area contributed by atoms with Crippen molar-refractivity contribution in [1.29, 1.82) is 0 Å². The van der Waals surface area contributed by atoms with Crippen LogP contribution in [0, 0.1) is 6.92 Å². The van der Waals surface area contributed by atoms with E-state index >= 15 is 0 Å². The highest BCUT2D eigenvalue weighted by molar-refractivity contribution is 5.53. The Morgan fingerprint density at radius 1 is 1.21 bits per heavy atom. The van der Waals surface area contributed by atoms with Crippen molar-refractivity contribution in [2.75, 3.05) is 45.7 Å². The molecule has 108 valence electrons. The number of hydrogen-bond donors (Lipinski definition) is 1. The number of anilines is 1. The van der Waals surface area contributed by atoms with Gasteiger partial charge in [-0.2, -0.15) is 0 Å². The summed E-state index contributed by atoms with van der Waals surface area (Å²) < 4.78 is 0. The minimum absolute atomic E-state index is 0.886. The lowest BCUT2D eigenvalue weighted by molar-refractivity contribution is 0.401. The number of hydrogen-bond acceptors (Lipinski definition) is 4. The molecule has 0 saturated carbocycles. The molecule has 0 unspecified atom stereocenters. The van der Waals surface area contributed by atoms with Crippen molar-refractivity contribution in [3.63, 3.8) is 0 Å². The highest BCUT2D eigenvalue weighted by atomic mass is 15.1. The predicted molar refractivity (Wildman–Crippen MR) is 82.8 cm³/mol. The summed E-state index contributed by atoms with van der Waals surface area (Å²) in [6.07, 6.45) is 3.17. The van der Waals surface area contributed by atoms with Gasteiger partial charge in [-0.05, 0) is 46.6 Å². The Morgan fingerprint density at radius 3 is 2.58 bits per heavy atom. The summed E-state index contributed by atoms with van der Waals surface area (Å²) in [6.45, 7) is 8.24. The molecular formula is C15H28N4. The third kappa shape index (κ3) is 5.57. The number of rotatable bonds is 8. The van der Waals surface area contributed by atoms with Crippen LogP contribution in [0.4, 0.5) is 5.69 Å². The molecule has 0 amide bonds. The van der Waals surface area contributed by atoms with E-state index < -0.39 is 0 Å². The molecule has 1 aromatic rings. The first-order chi connectivity index (χ1) is 9.04. The zero-order valence-corrected chi connectivity index (χ0v) is 13.0. The first-order valence-corrected chi connectivity index (χ1v) is 7.06. The normalized spacial score (nSPS) is 11.1. The van der Waals surface area contributed by atoms with Crippen LogP contribution >= 0.6 is 0 Å². The van der Waals surface area contributed by atoms with Crippen LogP contribution in [0.3, 0.4) is 0 Å². The molecule has 0 spiro atoms. The standard InChI is InChI=1S/C15H28N4/c1-6-16-11-14-12-17-13(2)10-15(14)19(5)9-7-8-18(3)4/h10,12,16H,6-9,11H2,1-5H3. The monoisotopic (exact) mass is 264 g/mol. The first kappa shape index (κ1) is 15.9. The van der Waals surface area contributed by atoms with E-state index in [0.717, 1.165) is 31.9 Å². The zero-order chi connectivity index (χ0) is 14.3. The third-order valence-electron chi connectivity index (χ3n) is 3.17. The minimum Gasteiger partial charge on any atom is -0.374 e. The zero-order valence-electron chi connectivity index (χ0n) is 13.0. The lowest BCUT2D eigenvalue weighted by atomic mass is 10.2. The van der Waals surface area contributed by atoms with Crippen molar-refractivity contribution in [3.8, 4) is 0 Å². The maximum absolute atomic E-state index is 4.41. The van der Waals surface area contributed by atoms with Gasteiger partial charge < -0.3 is 15.1 Å². The topological polar surface area (TPSA) is 31.4 Å². The van der Waals surface area contributed by atoms with Gasteiger partial charge in [-0.15, -0.1) is 0 Å². The van der Waals surface area contributed by atoms with Gasteiger partial charge >= 0.3 is 0 Å². The van der Waals surface area contributed by atoms with Crippen LogP contribution in [-0.4, -0.2) is 50.7 Å². The van der Waals surface area contributed by atoms with Gasteiger partial charge in [-0.3, -0.25) is 4.98 Å². The van der Waals surface area contributed by atoms with Gasteiger partial charge in [0.25, 0.3) is 0 Å². The highest BCUT2D eigenvalue weighted by Crippen LogP contribution is 2.19. The number of aromatic nitrogens is 1. The van der Waals surface area contributed by atoms with Crippen molar-refractivity contribution in [1.82, 2.24) is 15.2 Å². The number of nitrogens with zero attached hydrogens (tertiary/aromatic N) is 3. The second-order valence-electron chi connectivity index (χ2n) is 5.31. The molecule has 1 rings (SSSR count). The maximum Gasteiger partial charge on any atom is 0.0442 e. The van der Waals surface area contributed by atoms with E-state index in [2.05, 4.69) is 54.2 Å². The quantitative estimate of drug-likeness (QED) is 0.777. The molecule has 4 heteroatoms. The van der Waals surface area contributed by atoms with Gasteiger partial charge in [0.2, 0.25) is 0 Å². The van der Waals surface area contributed by atoms with Crippen LogP contribution < -0.4 is 10.2 Å². The van der Waals surface area contributed by atoms with E-state index in [0.29, 0.717) is 0 Å². The summed E-state index contributed by atoms with van der Waals surface area (Å²) in [6, 6.07) is 2.18. The lowest BCUT2D eigenvalue weighted by Crippen LogP contribution is -2.25. The molecular weight excluding hydrogens is 236 g/mol. The molecule has 0 radical (unpaired) electrons. The molecule has 0 aromatic carbocycles. The molecule has 0 aliphatic carbocycles. The number of pyridine rings is 1. The third-order valence-corrected chi connectivity index (χ3v) is 3.17. The van der Waals surface area contributed by atoms with Gasteiger partial charge in [0.05, 0.1) is 0 Å². The van der Waals surface area contributed by atoms with Crippen LogP contribution in [0.2, 0.25) is 0 Å². The number of aryl methyl sites for hydroxylation is 1. The van der Waals surface area contributed by atoms with Crippen molar-refractivity contribution >= 4 is 5.69 Å². The van der Waals surface area contributed by atoms with Crippen LogP contribution in [0.5, 0.6) is 0 Å². The number of nitrogens with one attached hydrogen (secondary N) is 1. The van der Waals surface area contributed by atoms with Crippen molar-refractivity contribution in [2.45, 2.75) is 26.8 Å². The Bertz CT molecular complexity index is 376. The van der Waals surface area contributed by atoms with E-state index in [1.807, 2.05) is 13.1 Å². The smallest absolute Gasteiger partial charge is 0.0442 e. The van der Waals surface area contributed by atoms with Gasteiger partial charge in [0.1, 0.15) is 0 Å². The second kappa shape index (κ2) is 8.12. The van der Waals surface area contributed by atoms with E-state index in [1.54, 1.807) is 0 Å². The SMILES string of the molecule is CCNCc1cnc(C)cc1N(C)CCCN(C)C. The molecule has 1 aromatic heterocycles. The van der Waals surface area contributed by atoms with Gasteiger partial charge in [-0.1, -0.05) is 6.92 Å². The van der Waals surface area contributed by atoms with Crippen LogP contribution in [-0.2, 0) is 6.54 Å². The summed E-state index contributed by atoms with van der Waals surface area (Å²) in [7, 11) is 6.40. The van der Waals surface area contributed by atoms with Crippen molar-refractivity contribution < 1.29 is 0 Å². The highest BCUT2D eigenvalue weighted by Gasteiger charge is 2.08. The van der Waals surface area contributed by atoms with Crippen molar-refractivity contribution in [3.05, 3.63) is 23.5 Å². The molecule has 0 fully saturated rings. The predicted octanol–water partition coefficient (Wildman–Crippen LogP) is 1.89. The summed E-state index contributed by atoms with van der Waals surface area (Å²) >= 11 is 0. The fourth-order valence-corrected chi connectivity index (χ4v) is 2.07. The molecule has 0 bridgehead atoms. The molecule has 19 heavy (non-hydrogen) atoms. The van der Waals surface area contributed by atoms with E-state index in [9.17, 15) is 0 Å². The van der Waals surface area contributed by atoms with Crippen LogP contribution in [0.15, 0.2) is 12.3 Å². The molecule has 0 saturated heterocycles. The Balaban J connectivity index is 2.69. The summed E-state index contributed by atoms with van der Waals surface area (Å²) in [5, 5.41) is 3.38. The fourth-order valence-electron chi connectivity index (χ4n) is 2.07. The average Bonchev–Trinajstić information content (AvgIpc) is 2.36. The molecule has 1 heterocycles.